The lowest BCUT2D eigenvalue weighted by atomic mass is 9.99. The minimum absolute atomic E-state index is 0.524. The number of nitrogen functional groups attached to an aromatic ring is 1. The van der Waals surface area contributed by atoms with Gasteiger partial charge in [0.25, 0.3) is 0 Å². The number of benzene rings is 1. The van der Waals surface area contributed by atoms with Crippen LogP contribution in [0.2, 0.25) is 0 Å². The van der Waals surface area contributed by atoms with Gasteiger partial charge >= 0.3 is 0 Å². The van der Waals surface area contributed by atoms with Gasteiger partial charge in [-0.1, -0.05) is 19.9 Å². The Kier molecular flexibility index (Phi) is 3.33. The van der Waals surface area contributed by atoms with E-state index in [0.29, 0.717) is 5.92 Å². The van der Waals surface area contributed by atoms with Gasteiger partial charge in [-0.3, -0.25) is 14.6 Å². The SMILES string of the molecule is CC(C)Cc1c(-c2ccc3nccnc3c2)nn(C)c1N. The van der Waals surface area contributed by atoms with E-state index >= 15 is 0 Å². The summed E-state index contributed by atoms with van der Waals surface area (Å²) >= 11 is 0. The van der Waals surface area contributed by atoms with E-state index in [2.05, 4.69) is 28.9 Å². The summed E-state index contributed by atoms with van der Waals surface area (Å²) in [5.41, 5.74) is 11.0. The molecule has 1 aromatic carbocycles. The number of aromatic nitrogens is 4. The standard InChI is InChI=1S/C16H19N5/c1-10(2)8-12-15(20-21(3)16(12)17)11-4-5-13-14(9-11)19-7-6-18-13/h4-7,9-10H,8,17H2,1-3H3. The lowest BCUT2D eigenvalue weighted by molar-refractivity contribution is 0.648. The zero-order valence-electron chi connectivity index (χ0n) is 12.5. The summed E-state index contributed by atoms with van der Waals surface area (Å²) in [6.07, 6.45) is 4.31. The molecular formula is C16H19N5. The van der Waals surface area contributed by atoms with Gasteiger partial charge in [0.1, 0.15) is 5.82 Å². The van der Waals surface area contributed by atoms with Crippen molar-refractivity contribution in [3.63, 3.8) is 0 Å². The molecule has 0 fully saturated rings. The molecule has 0 saturated heterocycles. The van der Waals surface area contributed by atoms with E-state index in [-0.39, 0.29) is 0 Å². The summed E-state index contributed by atoms with van der Waals surface area (Å²) in [6, 6.07) is 6.03. The molecular weight excluding hydrogens is 262 g/mol. The Labute approximate surface area is 123 Å². The highest BCUT2D eigenvalue weighted by Gasteiger charge is 2.17. The molecule has 0 atom stereocenters. The largest absolute Gasteiger partial charge is 0.384 e. The molecule has 0 aliphatic heterocycles. The number of hydrogen-bond donors (Lipinski definition) is 1. The second-order valence-corrected chi connectivity index (χ2v) is 5.69. The first kappa shape index (κ1) is 13.5. The number of fused-ring (bicyclic) bond motifs is 1. The second kappa shape index (κ2) is 5.16. The molecule has 0 spiro atoms. The van der Waals surface area contributed by atoms with Gasteiger partial charge in [0.2, 0.25) is 0 Å². The molecule has 108 valence electrons. The smallest absolute Gasteiger partial charge is 0.125 e. The fourth-order valence-corrected chi connectivity index (χ4v) is 2.53. The monoisotopic (exact) mass is 281 g/mol. The predicted octanol–water partition coefficient (Wildman–Crippen LogP) is 2.81. The minimum atomic E-state index is 0.524. The normalized spacial score (nSPS) is 11.4. The molecule has 2 aromatic heterocycles. The average Bonchev–Trinajstić information content (AvgIpc) is 2.74. The molecule has 21 heavy (non-hydrogen) atoms. The lowest BCUT2D eigenvalue weighted by Crippen LogP contribution is -2.02. The minimum Gasteiger partial charge on any atom is -0.384 e. The maximum Gasteiger partial charge on any atom is 0.125 e. The number of nitrogens with two attached hydrogens (primary N) is 1. The Morgan fingerprint density at radius 3 is 2.57 bits per heavy atom. The Bertz CT molecular complexity index is 788. The third-order valence-corrected chi connectivity index (χ3v) is 3.55. The molecule has 0 radical (unpaired) electrons. The molecule has 0 amide bonds. The van der Waals surface area contributed by atoms with E-state index < -0.39 is 0 Å². The third-order valence-electron chi connectivity index (χ3n) is 3.55. The molecule has 5 heteroatoms. The van der Waals surface area contributed by atoms with Gasteiger partial charge < -0.3 is 5.73 Å². The lowest BCUT2D eigenvalue weighted by Gasteiger charge is -2.07. The second-order valence-electron chi connectivity index (χ2n) is 5.69. The van der Waals surface area contributed by atoms with Crippen LogP contribution in [0.15, 0.2) is 30.6 Å². The molecule has 0 unspecified atom stereocenters. The van der Waals surface area contributed by atoms with E-state index in [1.807, 2.05) is 25.2 Å². The zero-order chi connectivity index (χ0) is 15.0. The maximum atomic E-state index is 6.17. The van der Waals surface area contributed by atoms with Crippen molar-refractivity contribution < 1.29 is 0 Å². The van der Waals surface area contributed by atoms with Crippen molar-refractivity contribution in [1.82, 2.24) is 19.7 Å². The molecule has 2 heterocycles. The van der Waals surface area contributed by atoms with Crippen molar-refractivity contribution in [2.75, 3.05) is 5.73 Å². The Morgan fingerprint density at radius 1 is 1.14 bits per heavy atom. The van der Waals surface area contributed by atoms with Crippen LogP contribution in [0.4, 0.5) is 5.82 Å². The van der Waals surface area contributed by atoms with Crippen LogP contribution in [0, 0.1) is 5.92 Å². The van der Waals surface area contributed by atoms with E-state index in [1.54, 1.807) is 17.1 Å². The first-order valence-corrected chi connectivity index (χ1v) is 7.08. The molecule has 0 saturated carbocycles. The van der Waals surface area contributed by atoms with Crippen molar-refractivity contribution in [2.24, 2.45) is 13.0 Å². The van der Waals surface area contributed by atoms with Crippen LogP contribution in [0.3, 0.4) is 0 Å². The fraction of sp³-hybridized carbons (Fsp3) is 0.312. The highest BCUT2D eigenvalue weighted by atomic mass is 15.3. The summed E-state index contributed by atoms with van der Waals surface area (Å²) in [6.45, 7) is 4.37. The van der Waals surface area contributed by atoms with Gasteiger partial charge in [-0.05, 0) is 24.5 Å². The van der Waals surface area contributed by atoms with E-state index in [9.17, 15) is 0 Å². The molecule has 0 aliphatic carbocycles. The Hall–Kier alpha value is -2.43. The first-order valence-electron chi connectivity index (χ1n) is 7.08. The van der Waals surface area contributed by atoms with E-state index in [0.717, 1.165) is 40.1 Å². The summed E-state index contributed by atoms with van der Waals surface area (Å²) in [5, 5.41) is 4.58. The fourth-order valence-electron chi connectivity index (χ4n) is 2.53. The van der Waals surface area contributed by atoms with Crippen LogP contribution in [0.5, 0.6) is 0 Å². The number of rotatable bonds is 3. The summed E-state index contributed by atoms with van der Waals surface area (Å²) in [4.78, 5) is 8.66. The summed E-state index contributed by atoms with van der Waals surface area (Å²) in [7, 11) is 1.88. The Morgan fingerprint density at radius 2 is 1.86 bits per heavy atom. The van der Waals surface area contributed by atoms with Gasteiger partial charge in [-0.25, -0.2) is 0 Å². The maximum absolute atomic E-state index is 6.17. The molecule has 5 nitrogen and oxygen atoms in total. The van der Waals surface area contributed by atoms with Crippen LogP contribution in [0.25, 0.3) is 22.3 Å². The van der Waals surface area contributed by atoms with Crippen LogP contribution in [0.1, 0.15) is 19.4 Å². The van der Waals surface area contributed by atoms with Crippen molar-refractivity contribution in [3.8, 4) is 11.3 Å². The number of nitrogens with zero attached hydrogens (tertiary/aromatic N) is 4. The number of aryl methyl sites for hydroxylation is 1. The van der Waals surface area contributed by atoms with Gasteiger partial charge in [-0.2, -0.15) is 5.10 Å². The van der Waals surface area contributed by atoms with Gasteiger partial charge in [-0.15, -0.1) is 0 Å². The van der Waals surface area contributed by atoms with Gasteiger partial charge in [0.15, 0.2) is 0 Å². The average molecular weight is 281 g/mol. The van der Waals surface area contributed by atoms with Gasteiger partial charge in [0, 0.05) is 30.6 Å². The van der Waals surface area contributed by atoms with Crippen LogP contribution >= 0.6 is 0 Å². The Balaban J connectivity index is 2.15. The van der Waals surface area contributed by atoms with Crippen LogP contribution in [-0.2, 0) is 13.5 Å². The first-order chi connectivity index (χ1) is 10.1. The number of anilines is 1. The van der Waals surface area contributed by atoms with Crippen LogP contribution < -0.4 is 5.73 Å². The summed E-state index contributed by atoms with van der Waals surface area (Å²) < 4.78 is 1.74. The van der Waals surface area contributed by atoms with E-state index in [4.69, 9.17) is 5.73 Å². The summed E-state index contributed by atoms with van der Waals surface area (Å²) in [5.74, 6) is 1.26. The topological polar surface area (TPSA) is 69.6 Å². The van der Waals surface area contributed by atoms with E-state index in [1.165, 1.54) is 0 Å². The van der Waals surface area contributed by atoms with Crippen molar-refractivity contribution in [1.29, 1.82) is 0 Å². The van der Waals surface area contributed by atoms with Crippen molar-refractivity contribution in [2.45, 2.75) is 20.3 Å². The quantitative estimate of drug-likeness (QED) is 0.801. The highest BCUT2D eigenvalue weighted by molar-refractivity contribution is 5.81. The molecule has 0 bridgehead atoms. The van der Waals surface area contributed by atoms with Crippen LogP contribution in [-0.4, -0.2) is 19.7 Å². The van der Waals surface area contributed by atoms with Crippen molar-refractivity contribution in [3.05, 3.63) is 36.2 Å². The number of hydrogen-bond acceptors (Lipinski definition) is 4. The van der Waals surface area contributed by atoms with Gasteiger partial charge in [0.05, 0.1) is 16.7 Å². The molecule has 0 aliphatic rings. The predicted molar refractivity (Wildman–Crippen MR) is 84.7 cm³/mol. The molecule has 3 aromatic rings. The molecule has 2 N–H and O–H groups in total. The molecule has 3 rings (SSSR count). The third kappa shape index (κ3) is 2.46. The van der Waals surface area contributed by atoms with Crippen molar-refractivity contribution >= 4 is 16.9 Å². The zero-order valence-corrected chi connectivity index (χ0v) is 12.5. The highest BCUT2D eigenvalue weighted by Crippen LogP contribution is 2.30.